The van der Waals surface area contributed by atoms with Crippen LogP contribution in [0, 0.1) is 10.1 Å². The van der Waals surface area contributed by atoms with Gasteiger partial charge in [-0.2, -0.15) is 0 Å². The van der Waals surface area contributed by atoms with Crippen LogP contribution in [0.2, 0.25) is 15.1 Å². The van der Waals surface area contributed by atoms with Crippen molar-refractivity contribution < 1.29 is 4.92 Å². The summed E-state index contributed by atoms with van der Waals surface area (Å²) in [5.74, 6) is 0. The second kappa shape index (κ2) is 5.75. The monoisotopic (exact) mass is 331 g/mol. The van der Waals surface area contributed by atoms with Crippen molar-refractivity contribution in [1.29, 1.82) is 0 Å². The number of halogens is 3. The Morgan fingerprint density at radius 2 is 1.65 bits per heavy atom. The zero-order chi connectivity index (χ0) is 14.9. The summed E-state index contributed by atoms with van der Waals surface area (Å²) in [4.78, 5) is 10.1. The summed E-state index contributed by atoms with van der Waals surface area (Å²) in [6.45, 7) is 0. The number of nitrogen functional groups attached to an aromatic ring is 1. The summed E-state index contributed by atoms with van der Waals surface area (Å²) < 4.78 is 0. The Hall–Kier alpha value is -1.69. The van der Waals surface area contributed by atoms with Gasteiger partial charge in [-0.3, -0.25) is 10.1 Å². The molecule has 0 saturated heterocycles. The summed E-state index contributed by atoms with van der Waals surface area (Å²) in [6, 6.07) is 7.13. The van der Waals surface area contributed by atoms with E-state index in [1.807, 2.05) is 0 Å². The Morgan fingerprint density at radius 3 is 2.25 bits per heavy atom. The molecule has 0 aliphatic heterocycles. The Kier molecular flexibility index (Phi) is 4.23. The molecule has 20 heavy (non-hydrogen) atoms. The lowest BCUT2D eigenvalue weighted by atomic mass is 10.2. The summed E-state index contributed by atoms with van der Waals surface area (Å²) >= 11 is 17.8. The molecule has 0 amide bonds. The molecule has 2 rings (SSSR count). The molecule has 2 aromatic rings. The third-order valence-electron chi connectivity index (χ3n) is 2.53. The van der Waals surface area contributed by atoms with Gasteiger partial charge in [-0.1, -0.05) is 34.8 Å². The standard InChI is InChI=1S/C12H8Cl3N3O2/c13-7-4-9(15)12(5-8(7)14)17-11-2-1-6(18(19)20)3-10(11)16/h1-5,17H,16H2. The number of hydrogen-bond acceptors (Lipinski definition) is 4. The van der Waals surface area contributed by atoms with E-state index in [9.17, 15) is 10.1 Å². The largest absolute Gasteiger partial charge is 0.397 e. The predicted molar refractivity (Wildman–Crippen MR) is 82.3 cm³/mol. The van der Waals surface area contributed by atoms with Crippen LogP contribution in [0.1, 0.15) is 0 Å². The molecule has 5 nitrogen and oxygen atoms in total. The van der Waals surface area contributed by atoms with Crippen molar-refractivity contribution in [3.63, 3.8) is 0 Å². The van der Waals surface area contributed by atoms with Crippen LogP contribution in [0.3, 0.4) is 0 Å². The van der Waals surface area contributed by atoms with E-state index in [2.05, 4.69) is 5.32 Å². The van der Waals surface area contributed by atoms with Crippen LogP contribution in [0.5, 0.6) is 0 Å². The second-order valence-electron chi connectivity index (χ2n) is 3.90. The lowest BCUT2D eigenvalue weighted by molar-refractivity contribution is -0.384. The van der Waals surface area contributed by atoms with E-state index in [0.29, 0.717) is 26.4 Å². The molecule has 0 heterocycles. The molecule has 0 aliphatic carbocycles. The molecular formula is C12H8Cl3N3O2. The smallest absolute Gasteiger partial charge is 0.271 e. The number of anilines is 3. The average Bonchev–Trinajstić information content (AvgIpc) is 2.37. The van der Waals surface area contributed by atoms with Crippen LogP contribution in [-0.4, -0.2) is 4.92 Å². The Bertz CT molecular complexity index is 692. The zero-order valence-corrected chi connectivity index (χ0v) is 12.1. The van der Waals surface area contributed by atoms with Crippen molar-refractivity contribution in [2.75, 3.05) is 11.1 Å². The fourth-order valence-corrected chi connectivity index (χ4v) is 2.14. The lowest BCUT2D eigenvalue weighted by Crippen LogP contribution is -1.98. The molecule has 3 N–H and O–H groups in total. The molecular weight excluding hydrogens is 325 g/mol. The van der Waals surface area contributed by atoms with Crippen LogP contribution in [0.15, 0.2) is 30.3 Å². The fourth-order valence-electron chi connectivity index (χ4n) is 1.54. The van der Waals surface area contributed by atoms with E-state index in [1.54, 1.807) is 6.07 Å². The first-order chi connectivity index (χ1) is 9.38. The molecule has 0 aliphatic rings. The van der Waals surface area contributed by atoms with E-state index in [0.717, 1.165) is 0 Å². The molecule has 0 fully saturated rings. The lowest BCUT2D eigenvalue weighted by Gasteiger charge is -2.11. The highest BCUT2D eigenvalue weighted by Gasteiger charge is 2.11. The molecule has 0 aromatic heterocycles. The predicted octanol–water partition coefficient (Wildman–Crippen LogP) is 4.88. The highest BCUT2D eigenvalue weighted by Crippen LogP contribution is 2.35. The second-order valence-corrected chi connectivity index (χ2v) is 5.12. The number of non-ortho nitro benzene ring substituents is 1. The number of nitrogens with two attached hydrogens (primary N) is 1. The van der Waals surface area contributed by atoms with Gasteiger partial charge < -0.3 is 11.1 Å². The van der Waals surface area contributed by atoms with Gasteiger partial charge in [0, 0.05) is 12.1 Å². The molecule has 0 unspecified atom stereocenters. The molecule has 0 saturated carbocycles. The fraction of sp³-hybridized carbons (Fsp3) is 0. The van der Waals surface area contributed by atoms with Gasteiger partial charge in [-0.05, 0) is 18.2 Å². The number of hydrogen-bond donors (Lipinski definition) is 2. The number of nitrogens with one attached hydrogen (secondary N) is 1. The van der Waals surface area contributed by atoms with Crippen molar-refractivity contribution in [3.8, 4) is 0 Å². The first-order valence-electron chi connectivity index (χ1n) is 5.34. The van der Waals surface area contributed by atoms with Crippen LogP contribution in [-0.2, 0) is 0 Å². The van der Waals surface area contributed by atoms with Gasteiger partial charge in [-0.25, -0.2) is 0 Å². The van der Waals surface area contributed by atoms with E-state index in [1.165, 1.54) is 24.3 Å². The Balaban J connectivity index is 2.35. The minimum Gasteiger partial charge on any atom is -0.397 e. The summed E-state index contributed by atoms with van der Waals surface area (Å²) in [5, 5.41) is 14.6. The number of nitrogens with zero attached hydrogens (tertiary/aromatic N) is 1. The normalized spacial score (nSPS) is 10.3. The van der Waals surface area contributed by atoms with E-state index in [-0.39, 0.29) is 11.4 Å². The molecule has 8 heteroatoms. The van der Waals surface area contributed by atoms with Gasteiger partial charge in [0.15, 0.2) is 0 Å². The average molecular weight is 333 g/mol. The van der Waals surface area contributed by atoms with E-state index in [4.69, 9.17) is 40.5 Å². The molecule has 0 atom stereocenters. The van der Waals surface area contributed by atoms with Gasteiger partial charge >= 0.3 is 0 Å². The highest BCUT2D eigenvalue weighted by atomic mass is 35.5. The topological polar surface area (TPSA) is 81.2 Å². The van der Waals surface area contributed by atoms with Crippen molar-refractivity contribution in [3.05, 3.63) is 55.5 Å². The van der Waals surface area contributed by atoms with Gasteiger partial charge in [0.05, 0.1) is 37.1 Å². The number of rotatable bonds is 3. The maximum absolute atomic E-state index is 10.6. The first kappa shape index (κ1) is 14.7. The number of nitro groups is 1. The third kappa shape index (κ3) is 3.07. The molecule has 0 radical (unpaired) electrons. The molecule has 0 spiro atoms. The SMILES string of the molecule is Nc1cc([N+](=O)[O-])ccc1Nc1cc(Cl)c(Cl)cc1Cl. The van der Waals surface area contributed by atoms with Crippen LogP contribution < -0.4 is 11.1 Å². The Morgan fingerprint density at radius 1 is 1.00 bits per heavy atom. The summed E-state index contributed by atoms with van der Waals surface area (Å²) in [5.41, 5.74) is 6.87. The Labute approximate surface area is 129 Å². The maximum atomic E-state index is 10.6. The number of nitro benzene ring substituents is 1. The van der Waals surface area contributed by atoms with Gasteiger partial charge in [0.1, 0.15) is 0 Å². The van der Waals surface area contributed by atoms with Crippen LogP contribution in [0.25, 0.3) is 0 Å². The maximum Gasteiger partial charge on any atom is 0.271 e. The third-order valence-corrected chi connectivity index (χ3v) is 3.56. The highest BCUT2D eigenvalue weighted by molar-refractivity contribution is 6.44. The van der Waals surface area contributed by atoms with Crippen molar-refractivity contribution in [1.82, 2.24) is 0 Å². The summed E-state index contributed by atoms with van der Waals surface area (Å²) in [6.07, 6.45) is 0. The van der Waals surface area contributed by atoms with Crippen LogP contribution >= 0.6 is 34.8 Å². The minimum atomic E-state index is -0.522. The number of benzene rings is 2. The molecule has 2 aromatic carbocycles. The van der Waals surface area contributed by atoms with E-state index < -0.39 is 4.92 Å². The zero-order valence-electron chi connectivity index (χ0n) is 9.86. The van der Waals surface area contributed by atoms with Gasteiger partial charge in [0.25, 0.3) is 5.69 Å². The van der Waals surface area contributed by atoms with Crippen molar-refractivity contribution in [2.24, 2.45) is 0 Å². The van der Waals surface area contributed by atoms with Crippen molar-refractivity contribution >= 4 is 57.6 Å². The van der Waals surface area contributed by atoms with Crippen molar-refractivity contribution in [2.45, 2.75) is 0 Å². The summed E-state index contributed by atoms with van der Waals surface area (Å²) in [7, 11) is 0. The first-order valence-corrected chi connectivity index (χ1v) is 6.47. The van der Waals surface area contributed by atoms with Gasteiger partial charge in [0.2, 0.25) is 0 Å². The molecule has 0 bridgehead atoms. The molecule has 104 valence electrons. The minimum absolute atomic E-state index is 0.0896. The van der Waals surface area contributed by atoms with E-state index >= 15 is 0 Å². The van der Waals surface area contributed by atoms with Crippen LogP contribution in [0.4, 0.5) is 22.7 Å². The quantitative estimate of drug-likeness (QED) is 0.363. The van der Waals surface area contributed by atoms with Gasteiger partial charge in [-0.15, -0.1) is 0 Å².